The van der Waals surface area contributed by atoms with E-state index in [1.54, 1.807) is 31.2 Å². The molecule has 1 atom stereocenters. The van der Waals surface area contributed by atoms with E-state index in [9.17, 15) is 9.59 Å². The molecule has 132 valence electrons. The van der Waals surface area contributed by atoms with Crippen LogP contribution < -0.4 is 0 Å². The highest BCUT2D eigenvalue weighted by Gasteiger charge is 2.43. The van der Waals surface area contributed by atoms with Crippen molar-refractivity contribution in [2.24, 2.45) is 0 Å². The van der Waals surface area contributed by atoms with Crippen LogP contribution in [0.1, 0.15) is 18.1 Å². The van der Waals surface area contributed by atoms with Crippen LogP contribution in [-0.2, 0) is 26.4 Å². The molecule has 0 spiro atoms. The van der Waals surface area contributed by atoms with Crippen LogP contribution in [0.15, 0.2) is 59.1 Å². The van der Waals surface area contributed by atoms with Crippen molar-refractivity contribution in [1.82, 2.24) is 4.90 Å². The highest BCUT2D eigenvalue weighted by molar-refractivity contribution is 9.10. The van der Waals surface area contributed by atoms with Crippen LogP contribution in [0.3, 0.4) is 0 Å². The number of ether oxygens (including phenoxy) is 2. The van der Waals surface area contributed by atoms with Crippen LogP contribution in [0.5, 0.6) is 0 Å². The van der Waals surface area contributed by atoms with Gasteiger partial charge in [0.25, 0.3) is 0 Å². The van der Waals surface area contributed by atoms with Crippen molar-refractivity contribution in [2.75, 3.05) is 14.2 Å². The summed E-state index contributed by atoms with van der Waals surface area (Å²) in [6.07, 6.45) is -0.611. The third-order valence-electron chi connectivity index (χ3n) is 4.14. The number of likely N-dealkylation sites (N-methyl/N-ethyl adjacent to an activating group) is 1. The minimum Gasteiger partial charge on any atom is -0.467 e. The van der Waals surface area contributed by atoms with Crippen molar-refractivity contribution in [2.45, 2.75) is 19.1 Å². The Morgan fingerprint density at radius 3 is 2.24 bits per heavy atom. The van der Waals surface area contributed by atoms with Gasteiger partial charge in [0, 0.05) is 11.5 Å². The molecule has 6 heteroatoms. The largest absolute Gasteiger partial charge is 0.467 e. The van der Waals surface area contributed by atoms with Crippen LogP contribution in [0.25, 0.3) is 0 Å². The van der Waals surface area contributed by atoms with Gasteiger partial charge in [0.1, 0.15) is 6.61 Å². The average Bonchev–Trinajstić information content (AvgIpc) is 2.65. The molecule has 0 heterocycles. The Kier molecular flexibility index (Phi) is 6.20. The predicted octanol–water partition coefficient (Wildman–Crippen LogP) is 4.11. The van der Waals surface area contributed by atoms with E-state index in [4.69, 9.17) is 9.47 Å². The lowest BCUT2D eigenvalue weighted by atomic mass is 9.90. The zero-order valence-corrected chi connectivity index (χ0v) is 15.9. The molecule has 1 unspecified atom stereocenters. The van der Waals surface area contributed by atoms with Gasteiger partial charge in [-0.15, -0.1) is 0 Å². The highest BCUT2D eigenvalue weighted by atomic mass is 79.9. The van der Waals surface area contributed by atoms with Gasteiger partial charge in [0.05, 0.1) is 7.11 Å². The normalized spacial score (nSPS) is 12.8. The summed E-state index contributed by atoms with van der Waals surface area (Å²) in [4.78, 5) is 26.2. The molecule has 0 aliphatic rings. The number of methoxy groups -OCH3 is 1. The Hall–Kier alpha value is -2.34. The number of benzene rings is 2. The van der Waals surface area contributed by atoms with E-state index in [2.05, 4.69) is 15.9 Å². The second-order valence-electron chi connectivity index (χ2n) is 5.67. The minimum atomic E-state index is -1.30. The van der Waals surface area contributed by atoms with Crippen molar-refractivity contribution in [3.8, 4) is 0 Å². The van der Waals surface area contributed by atoms with E-state index < -0.39 is 17.6 Å². The maximum Gasteiger partial charge on any atom is 0.411 e. The maximum absolute atomic E-state index is 12.5. The number of nitrogens with zero attached hydrogens (tertiary/aromatic N) is 1. The Morgan fingerprint density at radius 1 is 1.08 bits per heavy atom. The zero-order valence-electron chi connectivity index (χ0n) is 14.4. The van der Waals surface area contributed by atoms with Gasteiger partial charge in [-0.3, -0.25) is 4.90 Å². The molecule has 0 radical (unpaired) electrons. The molecular formula is C19H20BrNO4. The number of rotatable bonds is 5. The third-order valence-corrected chi connectivity index (χ3v) is 4.67. The van der Waals surface area contributed by atoms with Gasteiger partial charge >= 0.3 is 12.1 Å². The molecule has 25 heavy (non-hydrogen) atoms. The molecule has 0 saturated heterocycles. The van der Waals surface area contributed by atoms with E-state index in [-0.39, 0.29) is 6.61 Å². The quantitative estimate of drug-likeness (QED) is 0.702. The fourth-order valence-electron chi connectivity index (χ4n) is 2.42. The van der Waals surface area contributed by atoms with Crippen LogP contribution in [0, 0.1) is 0 Å². The summed E-state index contributed by atoms with van der Waals surface area (Å²) in [5.41, 5.74) is 0.192. The van der Waals surface area contributed by atoms with Crippen molar-refractivity contribution >= 4 is 28.0 Å². The van der Waals surface area contributed by atoms with Crippen molar-refractivity contribution < 1.29 is 19.1 Å². The SMILES string of the molecule is COC(=O)C(C)(c1ccc(Br)cc1)N(C)C(=O)OCc1ccccc1. The van der Waals surface area contributed by atoms with Crippen molar-refractivity contribution in [3.63, 3.8) is 0 Å². The predicted molar refractivity (Wildman–Crippen MR) is 97.9 cm³/mol. The monoisotopic (exact) mass is 405 g/mol. The molecule has 0 aliphatic heterocycles. The minimum absolute atomic E-state index is 0.127. The fourth-order valence-corrected chi connectivity index (χ4v) is 2.68. The van der Waals surface area contributed by atoms with E-state index in [0.717, 1.165) is 10.0 Å². The zero-order chi connectivity index (χ0) is 18.4. The van der Waals surface area contributed by atoms with Gasteiger partial charge in [0.15, 0.2) is 5.54 Å². The molecule has 0 aliphatic carbocycles. The third kappa shape index (κ3) is 4.20. The summed E-state index contributed by atoms with van der Waals surface area (Å²) in [7, 11) is 2.81. The first-order valence-corrected chi connectivity index (χ1v) is 8.48. The van der Waals surface area contributed by atoms with Crippen LogP contribution in [0.2, 0.25) is 0 Å². The number of amides is 1. The molecule has 2 aromatic rings. The summed E-state index contributed by atoms with van der Waals surface area (Å²) in [6, 6.07) is 16.5. The fraction of sp³-hybridized carbons (Fsp3) is 0.263. The lowest BCUT2D eigenvalue weighted by molar-refractivity contribution is -0.153. The summed E-state index contributed by atoms with van der Waals surface area (Å²) >= 11 is 3.36. The second kappa shape index (κ2) is 8.16. The summed E-state index contributed by atoms with van der Waals surface area (Å²) < 4.78 is 11.2. The summed E-state index contributed by atoms with van der Waals surface area (Å²) in [6.45, 7) is 1.76. The second-order valence-corrected chi connectivity index (χ2v) is 6.59. The van der Waals surface area contributed by atoms with Gasteiger partial charge in [-0.05, 0) is 30.2 Å². The van der Waals surface area contributed by atoms with Crippen LogP contribution in [-0.4, -0.2) is 31.1 Å². The average molecular weight is 406 g/mol. The molecule has 5 nitrogen and oxygen atoms in total. The molecular weight excluding hydrogens is 386 g/mol. The summed E-state index contributed by atoms with van der Waals surface area (Å²) in [5, 5.41) is 0. The first kappa shape index (κ1) is 19.0. The number of hydrogen-bond acceptors (Lipinski definition) is 4. The Balaban J connectivity index is 2.23. The molecule has 1 amide bonds. The molecule has 0 fully saturated rings. The van der Waals surface area contributed by atoms with Gasteiger partial charge in [-0.1, -0.05) is 58.4 Å². The van der Waals surface area contributed by atoms with Gasteiger partial charge in [-0.2, -0.15) is 0 Å². The molecule has 0 aromatic heterocycles. The lowest BCUT2D eigenvalue weighted by Crippen LogP contribution is -2.51. The number of carbonyl (C=O) groups is 2. The van der Waals surface area contributed by atoms with Gasteiger partial charge in [-0.25, -0.2) is 9.59 Å². The van der Waals surface area contributed by atoms with Crippen LogP contribution in [0.4, 0.5) is 4.79 Å². The topological polar surface area (TPSA) is 55.8 Å². The molecule has 0 bridgehead atoms. The Bertz CT molecular complexity index is 733. The first-order valence-electron chi connectivity index (χ1n) is 7.68. The lowest BCUT2D eigenvalue weighted by Gasteiger charge is -2.35. The van der Waals surface area contributed by atoms with Crippen LogP contribution >= 0.6 is 15.9 Å². The first-order chi connectivity index (χ1) is 11.9. The van der Waals surface area contributed by atoms with Crippen molar-refractivity contribution in [1.29, 1.82) is 0 Å². The number of esters is 1. The summed E-state index contributed by atoms with van der Waals surface area (Å²) in [5.74, 6) is -0.547. The van der Waals surface area contributed by atoms with E-state index in [0.29, 0.717) is 5.56 Å². The smallest absolute Gasteiger partial charge is 0.411 e. The molecule has 2 aromatic carbocycles. The van der Waals surface area contributed by atoms with E-state index in [1.165, 1.54) is 19.1 Å². The van der Waals surface area contributed by atoms with Crippen molar-refractivity contribution in [3.05, 3.63) is 70.2 Å². The number of hydrogen-bond donors (Lipinski definition) is 0. The molecule has 2 rings (SSSR count). The van der Waals surface area contributed by atoms with Gasteiger partial charge < -0.3 is 9.47 Å². The standard InChI is InChI=1S/C19H20BrNO4/c1-19(17(22)24-3,15-9-11-16(20)12-10-15)21(2)18(23)25-13-14-7-5-4-6-8-14/h4-12H,13H2,1-3H3. The Labute approximate surface area is 155 Å². The highest BCUT2D eigenvalue weighted by Crippen LogP contribution is 2.30. The number of carbonyl (C=O) groups excluding carboxylic acids is 2. The van der Waals surface area contributed by atoms with Gasteiger partial charge in [0.2, 0.25) is 0 Å². The molecule has 0 N–H and O–H groups in total. The number of halogens is 1. The Morgan fingerprint density at radius 2 is 1.68 bits per heavy atom. The van der Waals surface area contributed by atoms with E-state index >= 15 is 0 Å². The maximum atomic E-state index is 12.5. The molecule has 0 saturated carbocycles. The van der Waals surface area contributed by atoms with E-state index in [1.807, 2.05) is 30.3 Å².